The van der Waals surface area contributed by atoms with Crippen molar-refractivity contribution in [1.29, 1.82) is 0 Å². The Bertz CT molecular complexity index is 1080. The number of carbonyl (C=O) groups excluding carboxylic acids is 2. The van der Waals surface area contributed by atoms with Crippen LogP contribution in [0, 0.1) is 0 Å². The molecule has 2 amide bonds. The molecule has 3 aromatic carbocycles. The summed E-state index contributed by atoms with van der Waals surface area (Å²) in [6.45, 7) is 0.481. The van der Waals surface area contributed by atoms with Gasteiger partial charge in [-0.1, -0.05) is 54.1 Å². The Labute approximate surface area is 186 Å². The molecule has 1 atom stereocenters. The molecule has 1 N–H and O–H groups in total. The Morgan fingerprint density at radius 1 is 1.06 bits per heavy atom. The first-order valence-electron chi connectivity index (χ1n) is 10.1. The number of hydrogen-bond donors (Lipinski definition) is 1. The van der Waals surface area contributed by atoms with Gasteiger partial charge in [0.2, 0.25) is 5.91 Å². The van der Waals surface area contributed by atoms with Crippen molar-refractivity contribution in [2.75, 3.05) is 17.3 Å². The quantitative estimate of drug-likeness (QED) is 0.584. The number of anilines is 2. The predicted octanol–water partition coefficient (Wildman–Crippen LogP) is 5.15. The second-order valence-electron chi connectivity index (χ2n) is 7.47. The van der Waals surface area contributed by atoms with E-state index in [1.54, 1.807) is 4.90 Å². The molecule has 158 valence electrons. The minimum atomic E-state index is -0.694. The number of ether oxygens (including phenoxy) is 1. The lowest BCUT2D eigenvalue weighted by Crippen LogP contribution is -2.34. The first kappa shape index (κ1) is 21.1. The minimum Gasteiger partial charge on any atom is -0.367 e. The Hall–Kier alpha value is -3.15. The average Bonchev–Trinajstić information content (AvgIpc) is 2.78. The van der Waals surface area contributed by atoms with Gasteiger partial charge in [-0.25, -0.2) is 0 Å². The Morgan fingerprint density at radius 2 is 1.81 bits per heavy atom. The van der Waals surface area contributed by atoms with Crippen LogP contribution in [0.1, 0.15) is 29.2 Å². The standard InChI is InChI=1S/C25H23ClN2O3/c1-31-24(18-5-3-2-4-6-18)25(30)27-21-12-13-22-19(15-21)9-14-23(29)28(22)16-17-7-10-20(26)11-8-17/h2-8,10-13,15,24H,9,14,16H2,1H3,(H,27,30). The first-order valence-corrected chi connectivity index (χ1v) is 10.5. The van der Waals surface area contributed by atoms with Crippen LogP contribution in [0.15, 0.2) is 72.8 Å². The highest BCUT2D eigenvalue weighted by Gasteiger charge is 2.25. The summed E-state index contributed by atoms with van der Waals surface area (Å²) < 4.78 is 5.41. The molecule has 1 aliphatic heterocycles. The van der Waals surface area contributed by atoms with Gasteiger partial charge >= 0.3 is 0 Å². The average molecular weight is 435 g/mol. The lowest BCUT2D eigenvalue weighted by atomic mass is 9.99. The smallest absolute Gasteiger partial charge is 0.258 e. The maximum absolute atomic E-state index is 12.8. The molecule has 0 aliphatic carbocycles. The molecule has 31 heavy (non-hydrogen) atoms. The summed E-state index contributed by atoms with van der Waals surface area (Å²) in [5, 5.41) is 3.61. The molecular formula is C25H23ClN2O3. The van der Waals surface area contributed by atoms with Crippen LogP contribution >= 0.6 is 11.6 Å². The van der Waals surface area contributed by atoms with E-state index in [0.29, 0.717) is 30.1 Å². The van der Waals surface area contributed by atoms with E-state index in [1.807, 2.05) is 72.8 Å². The maximum atomic E-state index is 12.8. The van der Waals surface area contributed by atoms with E-state index in [-0.39, 0.29) is 11.8 Å². The number of amides is 2. The third-order valence-electron chi connectivity index (χ3n) is 5.38. The molecule has 0 radical (unpaired) electrons. The Balaban J connectivity index is 1.53. The highest BCUT2D eigenvalue weighted by atomic mass is 35.5. The first-order chi connectivity index (χ1) is 15.0. The van der Waals surface area contributed by atoms with Gasteiger partial charge in [-0.05, 0) is 53.4 Å². The van der Waals surface area contributed by atoms with E-state index < -0.39 is 6.10 Å². The van der Waals surface area contributed by atoms with E-state index in [4.69, 9.17) is 16.3 Å². The summed E-state index contributed by atoms with van der Waals surface area (Å²) in [6.07, 6.45) is 0.379. The molecule has 0 saturated heterocycles. The van der Waals surface area contributed by atoms with Crippen molar-refractivity contribution in [2.24, 2.45) is 0 Å². The third-order valence-corrected chi connectivity index (χ3v) is 5.63. The number of fused-ring (bicyclic) bond motifs is 1. The lowest BCUT2D eigenvalue weighted by Gasteiger charge is -2.30. The fraction of sp³-hybridized carbons (Fsp3) is 0.200. The number of rotatable bonds is 6. The van der Waals surface area contributed by atoms with E-state index in [9.17, 15) is 9.59 Å². The predicted molar refractivity (Wildman–Crippen MR) is 122 cm³/mol. The third kappa shape index (κ3) is 4.79. The highest BCUT2D eigenvalue weighted by molar-refractivity contribution is 6.30. The zero-order chi connectivity index (χ0) is 21.8. The zero-order valence-electron chi connectivity index (χ0n) is 17.2. The SMILES string of the molecule is COC(C(=O)Nc1ccc2c(c1)CCC(=O)N2Cc1ccc(Cl)cc1)c1ccccc1. The largest absolute Gasteiger partial charge is 0.367 e. The molecule has 1 unspecified atom stereocenters. The highest BCUT2D eigenvalue weighted by Crippen LogP contribution is 2.32. The van der Waals surface area contributed by atoms with E-state index >= 15 is 0 Å². The summed E-state index contributed by atoms with van der Waals surface area (Å²) in [7, 11) is 1.52. The number of benzene rings is 3. The van der Waals surface area contributed by atoms with Crippen LogP contribution in [0.4, 0.5) is 11.4 Å². The van der Waals surface area contributed by atoms with E-state index in [2.05, 4.69) is 5.32 Å². The normalized spacial score (nSPS) is 14.1. The molecule has 1 aliphatic rings. The summed E-state index contributed by atoms with van der Waals surface area (Å²) in [4.78, 5) is 27.2. The molecule has 5 nitrogen and oxygen atoms in total. The summed E-state index contributed by atoms with van der Waals surface area (Å²) in [5.74, 6) is -0.152. The van der Waals surface area contributed by atoms with E-state index in [1.165, 1.54) is 7.11 Å². The van der Waals surface area contributed by atoms with Gasteiger partial charge < -0.3 is 15.0 Å². The van der Waals surface area contributed by atoms with Gasteiger partial charge in [-0.2, -0.15) is 0 Å². The Kier molecular flexibility index (Phi) is 6.35. The summed E-state index contributed by atoms with van der Waals surface area (Å²) >= 11 is 5.97. The summed E-state index contributed by atoms with van der Waals surface area (Å²) in [5.41, 5.74) is 4.38. The molecule has 0 saturated carbocycles. The number of methoxy groups -OCH3 is 1. The van der Waals surface area contributed by atoms with Crippen molar-refractivity contribution in [1.82, 2.24) is 0 Å². The van der Waals surface area contributed by atoms with Crippen LogP contribution in [0.2, 0.25) is 5.02 Å². The second-order valence-corrected chi connectivity index (χ2v) is 7.90. The van der Waals surface area contributed by atoms with Crippen LogP contribution in [0.3, 0.4) is 0 Å². The molecule has 1 heterocycles. The molecule has 0 bridgehead atoms. The van der Waals surface area contributed by atoms with Crippen LogP contribution in [0.25, 0.3) is 0 Å². The van der Waals surface area contributed by atoms with Crippen molar-refractivity contribution < 1.29 is 14.3 Å². The number of halogens is 1. The zero-order valence-corrected chi connectivity index (χ0v) is 17.9. The van der Waals surface area contributed by atoms with Crippen molar-refractivity contribution in [3.8, 4) is 0 Å². The van der Waals surface area contributed by atoms with Gasteiger partial charge in [0.05, 0.1) is 6.54 Å². The van der Waals surface area contributed by atoms with Crippen LogP contribution in [0.5, 0.6) is 0 Å². The number of nitrogens with one attached hydrogen (secondary N) is 1. The Morgan fingerprint density at radius 3 is 2.52 bits per heavy atom. The van der Waals surface area contributed by atoms with Gasteiger partial charge in [0.15, 0.2) is 6.10 Å². The van der Waals surface area contributed by atoms with Crippen LogP contribution in [-0.2, 0) is 27.3 Å². The lowest BCUT2D eigenvalue weighted by molar-refractivity contribution is -0.126. The monoisotopic (exact) mass is 434 g/mol. The summed E-state index contributed by atoms with van der Waals surface area (Å²) in [6, 6.07) is 22.5. The molecule has 4 rings (SSSR count). The maximum Gasteiger partial charge on any atom is 0.258 e. The molecule has 0 aromatic heterocycles. The van der Waals surface area contributed by atoms with Crippen molar-refractivity contribution in [3.63, 3.8) is 0 Å². The fourth-order valence-corrected chi connectivity index (χ4v) is 3.94. The van der Waals surface area contributed by atoms with Crippen LogP contribution < -0.4 is 10.2 Å². The van der Waals surface area contributed by atoms with Crippen molar-refractivity contribution in [3.05, 3.63) is 94.5 Å². The number of carbonyl (C=O) groups is 2. The van der Waals surface area contributed by atoms with Gasteiger partial charge in [0, 0.05) is 29.9 Å². The van der Waals surface area contributed by atoms with Crippen LogP contribution in [-0.4, -0.2) is 18.9 Å². The molecule has 0 spiro atoms. The van der Waals surface area contributed by atoms with Crippen molar-refractivity contribution >= 4 is 34.8 Å². The van der Waals surface area contributed by atoms with Gasteiger partial charge in [-0.3, -0.25) is 9.59 Å². The second kappa shape index (κ2) is 9.33. The fourth-order valence-electron chi connectivity index (χ4n) is 3.81. The van der Waals surface area contributed by atoms with E-state index in [0.717, 1.165) is 22.4 Å². The number of aryl methyl sites for hydroxylation is 1. The molecular weight excluding hydrogens is 412 g/mol. The van der Waals surface area contributed by atoms with Gasteiger partial charge in [-0.15, -0.1) is 0 Å². The van der Waals surface area contributed by atoms with Crippen molar-refractivity contribution in [2.45, 2.75) is 25.5 Å². The number of hydrogen-bond acceptors (Lipinski definition) is 3. The minimum absolute atomic E-state index is 0.0859. The topological polar surface area (TPSA) is 58.6 Å². The molecule has 3 aromatic rings. The van der Waals surface area contributed by atoms with Gasteiger partial charge in [0.1, 0.15) is 0 Å². The molecule has 6 heteroatoms. The molecule has 0 fully saturated rings. The number of nitrogens with zero attached hydrogens (tertiary/aromatic N) is 1. The van der Waals surface area contributed by atoms with Gasteiger partial charge in [0.25, 0.3) is 5.91 Å².